The fraction of sp³-hybridized carbons (Fsp3) is 0.542. The van der Waals surface area contributed by atoms with Crippen molar-refractivity contribution >= 4 is 11.7 Å². The summed E-state index contributed by atoms with van der Waals surface area (Å²) in [6.07, 6.45) is 4.33. The molecule has 1 saturated heterocycles. The molecule has 154 valence electrons. The van der Waals surface area contributed by atoms with Crippen LogP contribution in [0.15, 0.2) is 30.3 Å². The van der Waals surface area contributed by atoms with Gasteiger partial charge in [-0.3, -0.25) is 4.79 Å². The smallest absolute Gasteiger partial charge is 0.225 e. The Hall–Kier alpha value is -2.43. The first-order valence-electron chi connectivity index (χ1n) is 11.0. The molecule has 2 heterocycles. The third-order valence-electron chi connectivity index (χ3n) is 6.29. The van der Waals surface area contributed by atoms with Crippen molar-refractivity contribution in [3.63, 3.8) is 0 Å². The molecule has 2 aliphatic rings. The number of rotatable bonds is 4. The summed E-state index contributed by atoms with van der Waals surface area (Å²) >= 11 is 0. The summed E-state index contributed by atoms with van der Waals surface area (Å²) in [6, 6.07) is 10.2. The van der Waals surface area contributed by atoms with Gasteiger partial charge in [0.15, 0.2) is 5.82 Å². The van der Waals surface area contributed by atoms with Gasteiger partial charge in [0, 0.05) is 48.9 Å². The van der Waals surface area contributed by atoms with Gasteiger partial charge in [0.2, 0.25) is 5.91 Å². The van der Waals surface area contributed by atoms with Crippen molar-refractivity contribution < 1.29 is 4.79 Å². The molecule has 4 rings (SSSR count). The number of carbonyl (C=O) groups excluding carboxylic acids is 1. The molecule has 1 aromatic carbocycles. The lowest BCUT2D eigenvalue weighted by atomic mass is 9.84. The van der Waals surface area contributed by atoms with E-state index in [0.717, 1.165) is 68.3 Å². The number of anilines is 1. The molecule has 0 bridgehead atoms. The van der Waals surface area contributed by atoms with Crippen LogP contribution in [0.5, 0.6) is 0 Å². The van der Waals surface area contributed by atoms with Crippen molar-refractivity contribution in [3.8, 4) is 11.4 Å². The van der Waals surface area contributed by atoms with Crippen molar-refractivity contribution in [1.29, 1.82) is 0 Å². The first-order chi connectivity index (χ1) is 14.0. The minimum absolute atomic E-state index is 0.277. The Kier molecular flexibility index (Phi) is 5.84. The molecular formula is C24H32N4O. The summed E-state index contributed by atoms with van der Waals surface area (Å²) in [5.41, 5.74) is 3.32. The molecule has 5 nitrogen and oxygen atoms in total. The lowest BCUT2D eigenvalue weighted by molar-refractivity contribution is -0.137. The van der Waals surface area contributed by atoms with Crippen molar-refractivity contribution in [2.75, 3.05) is 31.1 Å². The summed E-state index contributed by atoms with van der Waals surface area (Å²) in [7, 11) is 0. The Morgan fingerprint density at radius 1 is 1.00 bits per heavy atom. The molecule has 0 spiro atoms. The van der Waals surface area contributed by atoms with Crippen LogP contribution < -0.4 is 4.90 Å². The van der Waals surface area contributed by atoms with Gasteiger partial charge in [-0.25, -0.2) is 9.97 Å². The Labute approximate surface area is 174 Å². The highest BCUT2D eigenvalue weighted by atomic mass is 16.2. The maximum atomic E-state index is 12.7. The van der Waals surface area contributed by atoms with Crippen molar-refractivity contribution in [1.82, 2.24) is 14.9 Å². The monoisotopic (exact) mass is 392 g/mol. The molecular weight excluding hydrogens is 360 g/mol. The second-order valence-corrected chi connectivity index (χ2v) is 8.68. The normalized spacial score (nSPS) is 17.9. The predicted octanol–water partition coefficient (Wildman–Crippen LogP) is 4.41. The number of aromatic nitrogens is 2. The van der Waals surface area contributed by atoms with Gasteiger partial charge >= 0.3 is 0 Å². The number of aryl methyl sites for hydroxylation is 1. The molecule has 1 aliphatic heterocycles. The quantitative estimate of drug-likeness (QED) is 0.773. The van der Waals surface area contributed by atoms with E-state index in [-0.39, 0.29) is 5.92 Å². The second-order valence-electron chi connectivity index (χ2n) is 8.68. The lowest BCUT2D eigenvalue weighted by Gasteiger charge is -2.31. The van der Waals surface area contributed by atoms with Crippen LogP contribution in [-0.4, -0.2) is 47.0 Å². The molecule has 0 unspecified atom stereocenters. The van der Waals surface area contributed by atoms with Crippen LogP contribution >= 0.6 is 0 Å². The van der Waals surface area contributed by atoms with Gasteiger partial charge in [-0.05, 0) is 32.1 Å². The third-order valence-corrected chi connectivity index (χ3v) is 6.29. The van der Waals surface area contributed by atoms with E-state index >= 15 is 0 Å². The Balaban J connectivity index is 1.62. The van der Waals surface area contributed by atoms with Crippen molar-refractivity contribution in [3.05, 3.63) is 41.6 Å². The van der Waals surface area contributed by atoms with Gasteiger partial charge < -0.3 is 9.80 Å². The SMILES string of the molecule is Cc1nc(-c2ccccc2)nc(N2CCCN(C(=O)C3CCC3)CC2)c1C(C)C. The van der Waals surface area contributed by atoms with Crippen LogP contribution in [0.25, 0.3) is 11.4 Å². The summed E-state index contributed by atoms with van der Waals surface area (Å²) in [4.78, 5) is 27.1. The van der Waals surface area contributed by atoms with E-state index in [1.165, 1.54) is 12.0 Å². The highest BCUT2D eigenvalue weighted by molar-refractivity contribution is 5.79. The number of hydrogen-bond acceptors (Lipinski definition) is 4. The standard InChI is InChI=1S/C24H32N4O/c1-17(2)21-18(3)25-22(19-9-5-4-6-10-19)26-23(21)27-13-8-14-28(16-15-27)24(29)20-11-7-12-20/h4-6,9-10,17,20H,7-8,11-16H2,1-3H3. The minimum atomic E-state index is 0.277. The predicted molar refractivity (Wildman–Crippen MR) is 117 cm³/mol. The Morgan fingerprint density at radius 2 is 1.76 bits per heavy atom. The fourth-order valence-electron chi connectivity index (χ4n) is 4.46. The van der Waals surface area contributed by atoms with Gasteiger partial charge in [-0.2, -0.15) is 0 Å². The molecule has 1 aliphatic carbocycles. The van der Waals surface area contributed by atoms with Crippen LogP contribution in [0.1, 0.15) is 56.7 Å². The molecule has 1 aromatic heterocycles. The van der Waals surface area contributed by atoms with E-state index in [2.05, 4.69) is 42.7 Å². The van der Waals surface area contributed by atoms with Crippen LogP contribution in [0.3, 0.4) is 0 Å². The highest BCUT2D eigenvalue weighted by Gasteiger charge is 2.31. The number of hydrogen-bond donors (Lipinski definition) is 0. The molecule has 2 fully saturated rings. The zero-order valence-electron chi connectivity index (χ0n) is 17.9. The molecule has 1 saturated carbocycles. The van der Waals surface area contributed by atoms with Crippen molar-refractivity contribution in [2.24, 2.45) is 5.92 Å². The van der Waals surface area contributed by atoms with E-state index in [0.29, 0.717) is 11.8 Å². The number of benzene rings is 1. The summed E-state index contributed by atoms with van der Waals surface area (Å²) in [5, 5.41) is 0. The largest absolute Gasteiger partial charge is 0.354 e. The molecule has 0 N–H and O–H groups in total. The molecule has 0 radical (unpaired) electrons. The molecule has 5 heteroatoms. The zero-order chi connectivity index (χ0) is 20.4. The van der Waals surface area contributed by atoms with Crippen LogP contribution in [0.2, 0.25) is 0 Å². The number of carbonyl (C=O) groups is 1. The first-order valence-corrected chi connectivity index (χ1v) is 11.0. The second kappa shape index (κ2) is 8.52. The average Bonchev–Trinajstić information content (AvgIpc) is 2.92. The fourth-order valence-corrected chi connectivity index (χ4v) is 4.46. The summed E-state index contributed by atoms with van der Waals surface area (Å²) in [6.45, 7) is 9.93. The van der Waals surface area contributed by atoms with Gasteiger partial charge in [-0.1, -0.05) is 50.6 Å². The van der Waals surface area contributed by atoms with Gasteiger partial charge in [0.05, 0.1) is 0 Å². The molecule has 1 amide bonds. The van der Waals surface area contributed by atoms with Gasteiger partial charge in [0.25, 0.3) is 0 Å². The lowest BCUT2D eigenvalue weighted by Crippen LogP contribution is -2.41. The molecule has 2 aromatic rings. The summed E-state index contributed by atoms with van der Waals surface area (Å²) in [5.74, 6) is 2.83. The number of nitrogens with zero attached hydrogens (tertiary/aromatic N) is 4. The maximum Gasteiger partial charge on any atom is 0.225 e. The van der Waals surface area contributed by atoms with E-state index < -0.39 is 0 Å². The van der Waals surface area contributed by atoms with Crippen LogP contribution in [0.4, 0.5) is 5.82 Å². The zero-order valence-corrected chi connectivity index (χ0v) is 17.9. The van der Waals surface area contributed by atoms with Gasteiger partial charge in [0.1, 0.15) is 5.82 Å². The Bertz CT molecular complexity index is 861. The van der Waals surface area contributed by atoms with E-state index in [1.54, 1.807) is 0 Å². The third kappa shape index (κ3) is 4.14. The van der Waals surface area contributed by atoms with Gasteiger partial charge in [-0.15, -0.1) is 0 Å². The Morgan fingerprint density at radius 3 is 2.41 bits per heavy atom. The van der Waals surface area contributed by atoms with E-state index in [4.69, 9.17) is 9.97 Å². The topological polar surface area (TPSA) is 49.3 Å². The highest BCUT2D eigenvalue weighted by Crippen LogP contribution is 2.32. The van der Waals surface area contributed by atoms with Crippen LogP contribution in [-0.2, 0) is 4.79 Å². The maximum absolute atomic E-state index is 12.7. The molecule has 0 atom stereocenters. The van der Waals surface area contributed by atoms with Crippen molar-refractivity contribution in [2.45, 2.75) is 52.4 Å². The molecule has 29 heavy (non-hydrogen) atoms. The number of amides is 1. The average molecular weight is 393 g/mol. The van der Waals surface area contributed by atoms with E-state index in [9.17, 15) is 4.79 Å². The minimum Gasteiger partial charge on any atom is -0.354 e. The van der Waals surface area contributed by atoms with E-state index in [1.807, 2.05) is 18.2 Å². The first kappa shape index (κ1) is 19.9. The summed E-state index contributed by atoms with van der Waals surface area (Å²) < 4.78 is 0. The van der Waals surface area contributed by atoms with Crippen LogP contribution in [0, 0.1) is 12.8 Å².